The molecule has 0 spiro atoms. The van der Waals surface area contributed by atoms with Crippen molar-refractivity contribution in [3.05, 3.63) is 10.7 Å². The van der Waals surface area contributed by atoms with Gasteiger partial charge in [-0.05, 0) is 34.4 Å². The first-order valence-corrected chi connectivity index (χ1v) is 6.68. The molecule has 84 valence electrons. The molecule has 1 aromatic rings. The standard InChI is InChI=1S/C8H14BrN5S/c1-15-4-2-3-11-7-6(9)5-12-8(13-7)14-10/h5H,2-4,10H2,1H3,(H2,11,12,13,14). The van der Waals surface area contributed by atoms with Gasteiger partial charge in [-0.1, -0.05) is 0 Å². The number of nitrogens with two attached hydrogens (primary N) is 1. The molecule has 0 aliphatic heterocycles. The maximum atomic E-state index is 5.22. The van der Waals surface area contributed by atoms with Gasteiger partial charge in [0.1, 0.15) is 5.82 Å². The van der Waals surface area contributed by atoms with E-state index in [9.17, 15) is 0 Å². The minimum absolute atomic E-state index is 0.408. The Morgan fingerprint density at radius 1 is 1.60 bits per heavy atom. The highest BCUT2D eigenvalue weighted by Gasteiger charge is 2.02. The third kappa shape index (κ3) is 4.23. The van der Waals surface area contributed by atoms with Gasteiger partial charge in [-0.25, -0.2) is 10.8 Å². The summed E-state index contributed by atoms with van der Waals surface area (Å²) < 4.78 is 0.839. The average Bonchev–Trinajstić information content (AvgIpc) is 2.26. The molecule has 7 heteroatoms. The molecule has 0 atom stereocenters. The molecule has 1 rings (SSSR count). The fourth-order valence-electron chi connectivity index (χ4n) is 0.984. The molecule has 0 saturated carbocycles. The van der Waals surface area contributed by atoms with Crippen LogP contribution < -0.4 is 16.6 Å². The van der Waals surface area contributed by atoms with Crippen molar-refractivity contribution in [2.24, 2.45) is 5.84 Å². The van der Waals surface area contributed by atoms with Crippen LogP contribution >= 0.6 is 27.7 Å². The van der Waals surface area contributed by atoms with E-state index in [-0.39, 0.29) is 0 Å². The quantitative estimate of drug-likeness (QED) is 0.421. The van der Waals surface area contributed by atoms with Crippen LogP contribution in [0.4, 0.5) is 11.8 Å². The van der Waals surface area contributed by atoms with Crippen LogP contribution in [-0.4, -0.2) is 28.5 Å². The van der Waals surface area contributed by atoms with Crippen molar-refractivity contribution in [3.63, 3.8) is 0 Å². The number of nitrogen functional groups attached to an aromatic ring is 1. The van der Waals surface area contributed by atoms with Crippen LogP contribution in [0, 0.1) is 0 Å². The second-order valence-corrected chi connectivity index (χ2v) is 4.65. The van der Waals surface area contributed by atoms with E-state index in [1.165, 1.54) is 0 Å². The highest BCUT2D eigenvalue weighted by atomic mass is 79.9. The number of hydrogen-bond acceptors (Lipinski definition) is 6. The average molecular weight is 292 g/mol. The number of aromatic nitrogens is 2. The molecule has 15 heavy (non-hydrogen) atoms. The lowest BCUT2D eigenvalue weighted by molar-refractivity contribution is 0.972. The minimum atomic E-state index is 0.408. The highest BCUT2D eigenvalue weighted by Crippen LogP contribution is 2.19. The maximum absolute atomic E-state index is 5.22. The van der Waals surface area contributed by atoms with Crippen LogP contribution in [-0.2, 0) is 0 Å². The number of nitrogens with one attached hydrogen (secondary N) is 2. The molecule has 0 aromatic carbocycles. The number of anilines is 2. The van der Waals surface area contributed by atoms with Crippen LogP contribution in [0.3, 0.4) is 0 Å². The zero-order valence-corrected chi connectivity index (χ0v) is 10.9. The second kappa shape index (κ2) is 6.86. The largest absolute Gasteiger partial charge is 0.369 e. The monoisotopic (exact) mass is 291 g/mol. The summed E-state index contributed by atoms with van der Waals surface area (Å²) in [5, 5.41) is 3.22. The molecule has 0 aliphatic carbocycles. The lowest BCUT2D eigenvalue weighted by atomic mass is 10.4. The molecule has 0 saturated heterocycles. The van der Waals surface area contributed by atoms with Crippen molar-refractivity contribution in [1.82, 2.24) is 9.97 Å². The molecule has 4 N–H and O–H groups in total. The molecule has 0 aliphatic rings. The summed E-state index contributed by atoms with van der Waals surface area (Å²) in [4.78, 5) is 8.14. The van der Waals surface area contributed by atoms with Crippen molar-refractivity contribution in [2.45, 2.75) is 6.42 Å². The smallest absolute Gasteiger partial charge is 0.239 e. The van der Waals surface area contributed by atoms with Crippen LogP contribution in [0.2, 0.25) is 0 Å². The third-order valence-corrected chi connectivity index (χ3v) is 2.97. The summed E-state index contributed by atoms with van der Waals surface area (Å²) >= 11 is 5.20. The second-order valence-electron chi connectivity index (χ2n) is 2.81. The molecular formula is C8H14BrN5S. The van der Waals surface area contributed by atoms with Crippen LogP contribution in [0.15, 0.2) is 10.7 Å². The van der Waals surface area contributed by atoms with Gasteiger partial charge >= 0.3 is 0 Å². The van der Waals surface area contributed by atoms with Crippen molar-refractivity contribution < 1.29 is 0 Å². The Bertz CT molecular complexity index is 309. The number of hydrogen-bond donors (Lipinski definition) is 3. The van der Waals surface area contributed by atoms with E-state index in [0.29, 0.717) is 5.95 Å². The summed E-state index contributed by atoms with van der Waals surface area (Å²) in [7, 11) is 0. The number of halogens is 1. The fourth-order valence-corrected chi connectivity index (χ4v) is 1.75. The Morgan fingerprint density at radius 3 is 3.07 bits per heavy atom. The summed E-state index contributed by atoms with van der Waals surface area (Å²) in [6.45, 7) is 0.889. The van der Waals surface area contributed by atoms with Gasteiger partial charge < -0.3 is 5.32 Å². The van der Waals surface area contributed by atoms with Crippen LogP contribution in [0.25, 0.3) is 0 Å². The van der Waals surface area contributed by atoms with Crippen LogP contribution in [0.1, 0.15) is 6.42 Å². The molecule has 0 fully saturated rings. The van der Waals surface area contributed by atoms with E-state index in [4.69, 9.17) is 5.84 Å². The SMILES string of the molecule is CSCCCNc1nc(NN)ncc1Br. The van der Waals surface area contributed by atoms with E-state index in [1.807, 2.05) is 11.8 Å². The minimum Gasteiger partial charge on any atom is -0.369 e. The van der Waals surface area contributed by atoms with E-state index in [2.05, 4.69) is 42.9 Å². The normalized spacial score (nSPS) is 10.1. The first-order chi connectivity index (χ1) is 7.27. The Kier molecular flexibility index (Phi) is 5.74. The van der Waals surface area contributed by atoms with Crippen molar-refractivity contribution >= 4 is 39.5 Å². The molecule has 0 radical (unpaired) electrons. The van der Waals surface area contributed by atoms with Crippen molar-refractivity contribution in [1.29, 1.82) is 0 Å². The Hall–Kier alpha value is -0.530. The van der Waals surface area contributed by atoms with Gasteiger partial charge in [0.15, 0.2) is 0 Å². The lowest BCUT2D eigenvalue weighted by Crippen LogP contribution is -2.12. The van der Waals surface area contributed by atoms with E-state index in [0.717, 1.165) is 29.0 Å². The van der Waals surface area contributed by atoms with Gasteiger partial charge in [0.05, 0.1) is 4.47 Å². The molecule has 0 unspecified atom stereocenters. The zero-order chi connectivity index (χ0) is 11.1. The molecule has 5 nitrogen and oxygen atoms in total. The van der Waals surface area contributed by atoms with Gasteiger partial charge in [-0.2, -0.15) is 16.7 Å². The molecular weight excluding hydrogens is 278 g/mol. The van der Waals surface area contributed by atoms with Gasteiger partial charge in [0, 0.05) is 12.7 Å². The number of thioether (sulfide) groups is 1. The first kappa shape index (κ1) is 12.5. The number of rotatable bonds is 6. The molecule has 0 bridgehead atoms. The number of nitrogens with zero attached hydrogens (tertiary/aromatic N) is 2. The summed E-state index contributed by atoms with van der Waals surface area (Å²) in [6, 6.07) is 0. The van der Waals surface area contributed by atoms with Crippen molar-refractivity contribution in [2.75, 3.05) is 29.3 Å². The highest BCUT2D eigenvalue weighted by molar-refractivity contribution is 9.10. The topological polar surface area (TPSA) is 75.9 Å². The third-order valence-electron chi connectivity index (χ3n) is 1.69. The summed E-state index contributed by atoms with van der Waals surface area (Å²) in [5.41, 5.74) is 2.41. The van der Waals surface area contributed by atoms with Gasteiger partial charge in [0.2, 0.25) is 5.95 Å². The summed E-state index contributed by atoms with van der Waals surface area (Å²) in [6.07, 6.45) is 4.86. The van der Waals surface area contributed by atoms with Gasteiger partial charge in [-0.15, -0.1) is 0 Å². The van der Waals surface area contributed by atoms with Crippen LogP contribution in [0.5, 0.6) is 0 Å². The first-order valence-electron chi connectivity index (χ1n) is 4.50. The Morgan fingerprint density at radius 2 is 2.40 bits per heavy atom. The number of hydrazine groups is 1. The predicted octanol–water partition coefficient (Wildman–Crippen LogP) is 1.69. The molecule has 1 heterocycles. The fraction of sp³-hybridized carbons (Fsp3) is 0.500. The van der Waals surface area contributed by atoms with Gasteiger partial charge in [-0.3, -0.25) is 5.43 Å². The van der Waals surface area contributed by atoms with E-state index in [1.54, 1.807) is 6.20 Å². The predicted molar refractivity (Wildman–Crippen MR) is 69.0 cm³/mol. The summed E-state index contributed by atoms with van der Waals surface area (Å²) in [5.74, 6) is 7.53. The lowest BCUT2D eigenvalue weighted by Gasteiger charge is -2.07. The van der Waals surface area contributed by atoms with E-state index >= 15 is 0 Å². The Labute approximate surface area is 102 Å². The maximum Gasteiger partial charge on any atom is 0.239 e. The Balaban J connectivity index is 2.51. The molecule has 1 aromatic heterocycles. The molecule has 0 amide bonds. The van der Waals surface area contributed by atoms with Gasteiger partial charge in [0.25, 0.3) is 0 Å². The van der Waals surface area contributed by atoms with Crippen molar-refractivity contribution in [3.8, 4) is 0 Å². The zero-order valence-electron chi connectivity index (χ0n) is 8.46. The van der Waals surface area contributed by atoms with E-state index < -0.39 is 0 Å².